The van der Waals surface area contributed by atoms with Gasteiger partial charge in [-0.1, -0.05) is 42.5 Å². The number of benzene rings is 3. The van der Waals surface area contributed by atoms with Crippen molar-refractivity contribution < 1.29 is 17.6 Å². The van der Waals surface area contributed by atoms with Crippen LogP contribution in [-0.4, -0.2) is 14.3 Å². The van der Waals surface area contributed by atoms with Crippen LogP contribution in [0.2, 0.25) is 0 Å². The lowest BCUT2D eigenvalue weighted by atomic mass is 10.0. The standard InChI is InChI=1S/C23H20N2O4S/c26-23(15-17-7-8-18-4-1-2-5-19(18)14-17)25-20-9-11-22(12-10-20)30(27,28)24-16-21-6-3-13-29-21/h1-14,24H,15-16H2,(H,25,26). The van der Waals surface area contributed by atoms with E-state index >= 15 is 0 Å². The predicted octanol–water partition coefficient (Wildman–Crippen LogP) is 4.09. The molecule has 0 spiro atoms. The van der Waals surface area contributed by atoms with Crippen LogP contribution in [0.5, 0.6) is 0 Å². The summed E-state index contributed by atoms with van der Waals surface area (Å²) in [6, 6.07) is 23.3. The fourth-order valence-electron chi connectivity index (χ4n) is 3.12. The molecule has 0 radical (unpaired) electrons. The Labute approximate surface area is 174 Å². The van der Waals surface area contributed by atoms with E-state index in [9.17, 15) is 13.2 Å². The van der Waals surface area contributed by atoms with Gasteiger partial charge in [0.1, 0.15) is 5.76 Å². The van der Waals surface area contributed by atoms with Gasteiger partial charge in [-0.05, 0) is 52.7 Å². The van der Waals surface area contributed by atoms with Crippen molar-refractivity contribution >= 4 is 32.4 Å². The molecule has 0 aliphatic rings. The Morgan fingerprint density at radius 1 is 0.867 bits per heavy atom. The van der Waals surface area contributed by atoms with E-state index in [1.165, 1.54) is 18.4 Å². The van der Waals surface area contributed by atoms with E-state index in [0.29, 0.717) is 11.4 Å². The zero-order chi connectivity index (χ0) is 21.0. The van der Waals surface area contributed by atoms with Gasteiger partial charge in [-0.3, -0.25) is 4.79 Å². The number of rotatable bonds is 7. The van der Waals surface area contributed by atoms with Crippen molar-refractivity contribution in [1.82, 2.24) is 4.72 Å². The number of amides is 1. The van der Waals surface area contributed by atoms with Crippen molar-refractivity contribution in [2.75, 3.05) is 5.32 Å². The number of carbonyl (C=O) groups is 1. The summed E-state index contributed by atoms with van der Waals surface area (Å²) in [4.78, 5) is 12.5. The topological polar surface area (TPSA) is 88.4 Å². The molecule has 0 bridgehead atoms. The lowest BCUT2D eigenvalue weighted by Gasteiger charge is -2.09. The summed E-state index contributed by atoms with van der Waals surface area (Å²) < 4.78 is 32.3. The third-order valence-electron chi connectivity index (χ3n) is 4.64. The van der Waals surface area contributed by atoms with E-state index in [0.717, 1.165) is 16.3 Å². The molecule has 0 saturated carbocycles. The van der Waals surface area contributed by atoms with Crippen molar-refractivity contribution in [3.05, 3.63) is 96.4 Å². The summed E-state index contributed by atoms with van der Waals surface area (Å²) >= 11 is 0. The van der Waals surface area contributed by atoms with Gasteiger partial charge in [0.05, 0.1) is 24.1 Å². The molecule has 0 aliphatic carbocycles. The molecule has 7 heteroatoms. The molecule has 6 nitrogen and oxygen atoms in total. The van der Waals surface area contributed by atoms with Gasteiger partial charge in [0, 0.05) is 5.69 Å². The van der Waals surface area contributed by atoms with Gasteiger partial charge in [-0.2, -0.15) is 0 Å². The molecule has 2 N–H and O–H groups in total. The first kappa shape index (κ1) is 19.9. The number of furan rings is 1. The molecule has 30 heavy (non-hydrogen) atoms. The summed E-state index contributed by atoms with van der Waals surface area (Å²) in [5.74, 6) is 0.355. The predicted molar refractivity (Wildman–Crippen MR) is 115 cm³/mol. The first-order valence-electron chi connectivity index (χ1n) is 9.39. The fourth-order valence-corrected chi connectivity index (χ4v) is 4.11. The van der Waals surface area contributed by atoms with E-state index in [4.69, 9.17) is 4.42 Å². The minimum atomic E-state index is -3.67. The second-order valence-electron chi connectivity index (χ2n) is 6.83. The summed E-state index contributed by atoms with van der Waals surface area (Å²) in [7, 11) is -3.67. The number of fused-ring (bicyclic) bond motifs is 1. The van der Waals surface area contributed by atoms with Crippen molar-refractivity contribution in [2.24, 2.45) is 0 Å². The first-order valence-corrected chi connectivity index (χ1v) is 10.9. The smallest absolute Gasteiger partial charge is 0.240 e. The van der Waals surface area contributed by atoms with Crippen molar-refractivity contribution in [2.45, 2.75) is 17.9 Å². The largest absolute Gasteiger partial charge is 0.468 e. The van der Waals surface area contributed by atoms with E-state index < -0.39 is 10.0 Å². The maximum atomic E-state index is 12.4. The van der Waals surface area contributed by atoms with Crippen LogP contribution in [0, 0.1) is 0 Å². The molecule has 0 unspecified atom stereocenters. The molecule has 0 aliphatic heterocycles. The lowest BCUT2D eigenvalue weighted by molar-refractivity contribution is -0.115. The van der Waals surface area contributed by atoms with Crippen molar-refractivity contribution in [3.63, 3.8) is 0 Å². The summed E-state index contributed by atoms with van der Waals surface area (Å²) in [5, 5.41) is 5.01. The minimum Gasteiger partial charge on any atom is -0.468 e. The molecule has 1 amide bonds. The van der Waals surface area contributed by atoms with Gasteiger partial charge in [0.15, 0.2) is 0 Å². The molecule has 0 saturated heterocycles. The molecule has 1 aromatic heterocycles. The number of anilines is 1. The number of hydrogen-bond acceptors (Lipinski definition) is 4. The van der Waals surface area contributed by atoms with Gasteiger partial charge in [0.2, 0.25) is 15.9 Å². The fraction of sp³-hybridized carbons (Fsp3) is 0.0870. The summed E-state index contributed by atoms with van der Waals surface area (Å²) in [6.45, 7) is 0.0690. The average Bonchev–Trinajstić information content (AvgIpc) is 3.26. The molecule has 4 aromatic rings. The van der Waals surface area contributed by atoms with E-state index in [1.807, 2.05) is 42.5 Å². The molecule has 1 heterocycles. The monoisotopic (exact) mass is 420 g/mol. The number of sulfonamides is 1. The molecular weight excluding hydrogens is 400 g/mol. The van der Waals surface area contributed by atoms with Gasteiger partial charge >= 0.3 is 0 Å². The van der Waals surface area contributed by atoms with Crippen LogP contribution < -0.4 is 10.0 Å². The second kappa shape index (κ2) is 8.52. The Morgan fingerprint density at radius 3 is 2.37 bits per heavy atom. The van der Waals surface area contributed by atoms with Crippen molar-refractivity contribution in [3.8, 4) is 0 Å². The highest BCUT2D eigenvalue weighted by Crippen LogP contribution is 2.18. The van der Waals surface area contributed by atoms with Crippen LogP contribution in [-0.2, 0) is 27.8 Å². The van der Waals surface area contributed by atoms with E-state index in [-0.39, 0.29) is 23.8 Å². The molecular formula is C23H20N2O4S. The van der Waals surface area contributed by atoms with E-state index in [2.05, 4.69) is 10.0 Å². The molecule has 0 atom stereocenters. The zero-order valence-corrected chi connectivity index (χ0v) is 16.9. The average molecular weight is 420 g/mol. The Bertz CT molecular complexity index is 1260. The van der Waals surface area contributed by atoms with Crippen LogP contribution in [0.15, 0.2) is 94.4 Å². The van der Waals surface area contributed by atoms with Crippen molar-refractivity contribution in [1.29, 1.82) is 0 Å². The Morgan fingerprint density at radius 2 is 1.63 bits per heavy atom. The normalized spacial score (nSPS) is 11.5. The summed E-state index contributed by atoms with van der Waals surface area (Å²) in [5.41, 5.74) is 1.44. The number of carbonyl (C=O) groups excluding carboxylic acids is 1. The minimum absolute atomic E-state index is 0.0690. The Hall–Kier alpha value is -3.42. The third-order valence-corrected chi connectivity index (χ3v) is 6.06. The van der Waals surface area contributed by atoms with Crippen LogP contribution in [0.3, 0.4) is 0 Å². The van der Waals surface area contributed by atoms with Gasteiger partial charge in [0.25, 0.3) is 0 Å². The lowest BCUT2D eigenvalue weighted by Crippen LogP contribution is -2.23. The van der Waals surface area contributed by atoms with Crippen LogP contribution in [0.4, 0.5) is 5.69 Å². The highest BCUT2D eigenvalue weighted by molar-refractivity contribution is 7.89. The van der Waals surface area contributed by atoms with Gasteiger partial charge in [-0.15, -0.1) is 0 Å². The number of hydrogen-bond donors (Lipinski definition) is 2. The van der Waals surface area contributed by atoms with Gasteiger partial charge < -0.3 is 9.73 Å². The quantitative estimate of drug-likeness (QED) is 0.471. The third kappa shape index (κ3) is 4.76. The Kier molecular flexibility index (Phi) is 5.65. The highest BCUT2D eigenvalue weighted by Gasteiger charge is 2.14. The SMILES string of the molecule is O=C(Cc1ccc2ccccc2c1)Nc1ccc(S(=O)(=O)NCc2ccco2)cc1. The molecule has 152 valence electrons. The zero-order valence-electron chi connectivity index (χ0n) is 16.0. The van der Waals surface area contributed by atoms with E-state index in [1.54, 1.807) is 24.3 Å². The van der Waals surface area contributed by atoms with Crippen LogP contribution in [0.1, 0.15) is 11.3 Å². The molecule has 0 fully saturated rings. The van der Waals surface area contributed by atoms with Gasteiger partial charge in [-0.25, -0.2) is 13.1 Å². The maximum Gasteiger partial charge on any atom is 0.240 e. The van der Waals surface area contributed by atoms with Crippen LogP contribution >= 0.6 is 0 Å². The molecule has 3 aromatic carbocycles. The molecule has 4 rings (SSSR count). The highest BCUT2D eigenvalue weighted by atomic mass is 32.2. The first-order chi connectivity index (χ1) is 14.5. The summed E-state index contributed by atoms with van der Waals surface area (Å²) in [6.07, 6.45) is 1.72. The second-order valence-corrected chi connectivity index (χ2v) is 8.60. The maximum absolute atomic E-state index is 12.4. The van der Waals surface area contributed by atoms with Crippen LogP contribution in [0.25, 0.3) is 10.8 Å². The Balaban J connectivity index is 1.38. The number of nitrogens with one attached hydrogen (secondary N) is 2.